The monoisotopic (exact) mass is 315 g/mol. The van der Waals surface area contributed by atoms with Crippen molar-refractivity contribution in [3.63, 3.8) is 0 Å². The molecule has 0 spiro atoms. The first-order chi connectivity index (χ1) is 10.6. The van der Waals surface area contributed by atoms with E-state index in [1.54, 1.807) is 0 Å². The second-order valence-corrected chi connectivity index (χ2v) is 6.74. The second-order valence-electron chi connectivity index (χ2n) is 5.76. The van der Waals surface area contributed by atoms with Crippen LogP contribution in [0.3, 0.4) is 0 Å². The molecule has 0 aliphatic heterocycles. The van der Waals surface area contributed by atoms with Crippen LogP contribution < -0.4 is 10.2 Å². The summed E-state index contributed by atoms with van der Waals surface area (Å²) in [5.74, 6) is 0.0228. The smallest absolute Gasteiger partial charge is 0.263 e. The van der Waals surface area contributed by atoms with Gasteiger partial charge in [0, 0.05) is 18.8 Å². The summed E-state index contributed by atoms with van der Waals surface area (Å²) in [4.78, 5) is 19.7. The van der Waals surface area contributed by atoms with Crippen LogP contribution in [-0.2, 0) is 0 Å². The molecule has 1 aliphatic carbocycles. The van der Waals surface area contributed by atoms with E-state index >= 15 is 0 Å². The summed E-state index contributed by atoms with van der Waals surface area (Å²) in [6.45, 7) is 1.91. The first-order valence-electron chi connectivity index (χ1n) is 7.72. The van der Waals surface area contributed by atoms with E-state index in [0.29, 0.717) is 6.04 Å². The first kappa shape index (κ1) is 15.0. The van der Waals surface area contributed by atoms with E-state index in [4.69, 9.17) is 0 Å². The van der Waals surface area contributed by atoms with Crippen molar-refractivity contribution in [3.8, 4) is 0 Å². The van der Waals surface area contributed by atoms with Crippen LogP contribution >= 0.6 is 11.3 Å². The summed E-state index contributed by atoms with van der Waals surface area (Å²) in [5, 5.41) is 3.99. The van der Waals surface area contributed by atoms with Crippen molar-refractivity contribution in [1.29, 1.82) is 0 Å². The number of nitrogens with zero attached hydrogens (tertiary/aromatic N) is 2. The van der Waals surface area contributed by atoms with E-state index in [9.17, 15) is 4.79 Å². The fourth-order valence-electron chi connectivity index (χ4n) is 2.82. The van der Waals surface area contributed by atoms with Gasteiger partial charge >= 0.3 is 0 Å². The summed E-state index contributed by atoms with van der Waals surface area (Å²) in [6, 6.07) is 10.4. The fourth-order valence-corrected chi connectivity index (χ4v) is 3.77. The minimum Gasteiger partial charge on any atom is -0.349 e. The van der Waals surface area contributed by atoms with Gasteiger partial charge in [-0.3, -0.25) is 4.79 Å². The third-order valence-corrected chi connectivity index (χ3v) is 5.34. The second kappa shape index (κ2) is 6.48. The number of benzene rings is 1. The predicted octanol–water partition coefficient (Wildman–Crippen LogP) is 3.89. The SMILES string of the molecule is Cc1nc(N(C)c2ccccc2)sc1C(=O)NC1CCCC1. The van der Waals surface area contributed by atoms with Gasteiger partial charge in [0.2, 0.25) is 0 Å². The van der Waals surface area contributed by atoms with Crippen LogP contribution in [0.25, 0.3) is 0 Å². The molecule has 3 rings (SSSR count). The van der Waals surface area contributed by atoms with E-state index in [0.717, 1.165) is 34.2 Å². The molecule has 1 heterocycles. The molecule has 0 saturated heterocycles. The highest BCUT2D eigenvalue weighted by Gasteiger charge is 2.22. The van der Waals surface area contributed by atoms with Crippen molar-refractivity contribution in [2.45, 2.75) is 38.6 Å². The molecule has 1 amide bonds. The van der Waals surface area contributed by atoms with E-state index in [2.05, 4.69) is 10.3 Å². The Morgan fingerprint density at radius 2 is 1.95 bits per heavy atom. The molecule has 22 heavy (non-hydrogen) atoms. The van der Waals surface area contributed by atoms with E-state index in [1.807, 2.05) is 49.2 Å². The minimum atomic E-state index is 0.0228. The lowest BCUT2D eigenvalue weighted by atomic mass is 10.2. The molecule has 1 saturated carbocycles. The first-order valence-corrected chi connectivity index (χ1v) is 8.54. The molecular formula is C17H21N3OS. The number of carbonyl (C=O) groups excluding carboxylic acids is 1. The number of hydrogen-bond acceptors (Lipinski definition) is 4. The highest BCUT2D eigenvalue weighted by molar-refractivity contribution is 7.17. The maximum absolute atomic E-state index is 12.4. The molecule has 116 valence electrons. The number of hydrogen-bond donors (Lipinski definition) is 1. The van der Waals surface area contributed by atoms with Crippen molar-refractivity contribution >= 4 is 28.1 Å². The average Bonchev–Trinajstić information content (AvgIpc) is 3.17. The van der Waals surface area contributed by atoms with Gasteiger partial charge in [-0.2, -0.15) is 0 Å². The Hall–Kier alpha value is -1.88. The van der Waals surface area contributed by atoms with Crippen LogP contribution in [0.2, 0.25) is 0 Å². The van der Waals surface area contributed by atoms with Crippen molar-refractivity contribution < 1.29 is 4.79 Å². The fraction of sp³-hybridized carbons (Fsp3) is 0.412. The lowest BCUT2D eigenvalue weighted by molar-refractivity contribution is 0.0941. The number of para-hydroxylation sites is 1. The van der Waals surface area contributed by atoms with Crippen LogP contribution in [0.4, 0.5) is 10.8 Å². The van der Waals surface area contributed by atoms with Crippen LogP contribution in [0.5, 0.6) is 0 Å². The van der Waals surface area contributed by atoms with Crippen LogP contribution in [0.1, 0.15) is 41.0 Å². The summed E-state index contributed by atoms with van der Waals surface area (Å²) in [7, 11) is 1.98. The summed E-state index contributed by atoms with van der Waals surface area (Å²) in [5.41, 5.74) is 1.87. The maximum atomic E-state index is 12.4. The number of aryl methyl sites for hydroxylation is 1. The lowest BCUT2D eigenvalue weighted by Gasteiger charge is -2.15. The maximum Gasteiger partial charge on any atom is 0.263 e. The molecule has 0 bridgehead atoms. The molecule has 1 aromatic carbocycles. The topological polar surface area (TPSA) is 45.2 Å². The molecule has 0 atom stereocenters. The number of rotatable bonds is 4. The van der Waals surface area contributed by atoms with Gasteiger partial charge in [0.25, 0.3) is 5.91 Å². The normalized spacial score (nSPS) is 15.0. The Morgan fingerprint density at radius 1 is 1.27 bits per heavy atom. The van der Waals surface area contributed by atoms with Gasteiger partial charge in [-0.25, -0.2) is 4.98 Å². The van der Waals surface area contributed by atoms with Gasteiger partial charge in [0.1, 0.15) is 4.88 Å². The zero-order valence-electron chi connectivity index (χ0n) is 13.0. The Bertz CT molecular complexity index is 647. The van der Waals surface area contributed by atoms with Crippen molar-refractivity contribution in [2.75, 3.05) is 11.9 Å². The molecule has 5 heteroatoms. The highest BCUT2D eigenvalue weighted by atomic mass is 32.1. The predicted molar refractivity (Wildman–Crippen MR) is 91.1 cm³/mol. The number of aromatic nitrogens is 1. The highest BCUT2D eigenvalue weighted by Crippen LogP contribution is 2.30. The van der Waals surface area contributed by atoms with Crippen LogP contribution in [0, 0.1) is 6.92 Å². The molecule has 1 aromatic heterocycles. The number of carbonyl (C=O) groups is 1. The Labute approximate surface area is 135 Å². The average molecular weight is 315 g/mol. The molecule has 0 radical (unpaired) electrons. The Balaban J connectivity index is 1.76. The molecule has 4 nitrogen and oxygen atoms in total. The van der Waals surface area contributed by atoms with Crippen molar-refractivity contribution in [1.82, 2.24) is 10.3 Å². The molecule has 1 aliphatic rings. The van der Waals surface area contributed by atoms with Gasteiger partial charge in [-0.05, 0) is 31.9 Å². The van der Waals surface area contributed by atoms with Gasteiger partial charge in [-0.15, -0.1) is 0 Å². The van der Waals surface area contributed by atoms with E-state index in [-0.39, 0.29) is 5.91 Å². The Kier molecular flexibility index (Phi) is 4.43. The van der Waals surface area contributed by atoms with Crippen molar-refractivity contribution in [2.24, 2.45) is 0 Å². The lowest BCUT2D eigenvalue weighted by Crippen LogP contribution is -2.32. The zero-order valence-corrected chi connectivity index (χ0v) is 13.8. The van der Waals surface area contributed by atoms with E-state index < -0.39 is 0 Å². The number of thiazole rings is 1. The Morgan fingerprint density at radius 3 is 2.64 bits per heavy atom. The molecule has 2 aromatic rings. The van der Waals surface area contributed by atoms with Gasteiger partial charge in [-0.1, -0.05) is 42.4 Å². The standard InChI is InChI=1S/C17H21N3OS/c1-12-15(16(21)19-13-8-6-7-9-13)22-17(18-12)20(2)14-10-4-3-5-11-14/h3-5,10-11,13H,6-9H2,1-2H3,(H,19,21). The largest absolute Gasteiger partial charge is 0.349 e. The van der Waals surface area contributed by atoms with E-state index in [1.165, 1.54) is 24.2 Å². The number of nitrogens with one attached hydrogen (secondary N) is 1. The third-order valence-electron chi connectivity index (χ3n) is 4.11. The van der Waals surface area contributed by atoms with Crippen LogP contribution in [0.15, 0.2) is 30.3 Å². The summed E-state index contributed by atoms with van der Waals surface area (Å²) in [6.07, 6.45) is 4.63. The van der Waals surface area contributed by atoms with Crippen LogP contribution in [-0.4, -0.2) is 24.0 Å². The molecule has 1 N–H and O–H groups in total. The quantitative estimate of drug-likeness (QED) is 0.931. The zero-order chi connectivity index (χ0) is 15.5. The molecule has 0 unspecified atom stereocenters. The number of anilines is 2. The summed E-state index contributed by atoms with van der Waals surface area (Å²) < 4.78 is 0. The number of amides is 1. The molecule has 1 fully saturated rings. The third kappa shape index (κ3) is 3.14. The van der Waals surface area contributed by atoms with Gasteiger partial charge in [0.15, 0.2) is 5.13 Å². The minimum absolute atomic E-state index is 0.0228. The van der Waals surface area contributed by atoms with Crippen molar-refractivity contribution in [3.05, 3.63) is 40.9 Å². The summed E-state index contributed by atoms with van der Waals surface area (Å²) >= 11 is 1.46. The van der Waals surface area contributed by atoms with Gasteiger partial charge in [0.05, 0.1) is 5.69 Å². The molecular weight excluding hydrogens is 294 g/mol. The van der Waals surface area contributed by atoms with Gasteiger partial charge < -0.3 is 10.2 Å².